The maximum Gasteiger partial charge on any atom is 1.00 e. The molecule has 10 aromatic carbocycles. The van der Waals surface area contributed by atoms with E-state index < -0.39 is 36.1 Å². The van der Waals surface area contributed by atoms with Gasteiger partial charge >= 0.3 is 29.6 Å². The number of hydrogen-bond donors (Lipinski definition) is 2. The third-order valence-electron chi connectivity index (χ3n) is 20.4. The van der Waals surface area contributed by atoms with Crippen molar-refractivity contribution in [2.24, 2.45) is 0 Å². The molecule has 577 valence electrons. The average molecular weight is 1570 g/mol. The number of methoxy groups -OCH3 is 3. The summed E-state index contributed by atoms with van der Waals surface area (Å²) < 4.78 is 72.2. The van der Waals surface area contributed by atoms with Gasteiger partial charge in [0, 0.05) is 87.6 Å². The number of rotatable bonds is 20. The molecule has 115 heavy (non-hydrogen) atoms. The fourth-order valence-electron chi connectivity index (χ4n) is 14.5. The summed E-state index contributed by atoms with van der Waals surface area (Å²) in [4.78, 5) is 70.7. The van der Waals surface area contributed by atoms with Crippen LogP contribution in [-0.4, -0.2) is 102 Å². The molecule has 4 aromatic heterocycles. The van der Waals surface area contributed by atoms with Crippen LogP contribution in [-0.2, 0) is 37.3 Å². The van der Waals surface area contributed by atoms with Crippen molar-refractivity contribution in [3.05, 3.63) is 350 Å². The van der Waals surface area contributed by atoms with Crippen molar-refractivity contribution in [2.45, 2.75) is 89.8 Å². The van der Waals surface area contributed by atoms with Crippen LogP contribution < -0.4 is 58.8 Å². The van der Waals surface area contributed by atoms with Gasteiger partial charge in [0.05, 0.1) is 57.4 Å². The summed E-state index contributed by atoms with van der Waals surface area (Å²) >= 11 is 0. The number of carbonyl (C=O) groups excluding carboxylic acids is 3. The molecule has 1 atom stereocenters. The van der Waals surface area contributed by atoms with Crippen molar-refractivity contribution in [1.29, 1.82) is 0 Å². The second-order valence-corrected chi connectivity index (χ2v) is 31.4. The van der Waals surface area contributed by atoms with Gasteiger partial charge in [-0.1, -0.05) is 197 Å². The number of fused-ring (bicyclic) bond motifs is 6. The number of aliphatic hydroxyl groups is 1. The number of hydrogen-bond acceptors (Lipinski definition) is 14. The van der Waals surface area contributed by atoms with Crippen molar-refractivity contribution in [2.75, 3.05) is 21.3 Å². The predicted octanol–water partition coefficient (Wildman–Crippen LogP) is 14.8. The minimum Gasteiger partial charge on any atom is -1.00 e. The van der Waals surface area contributed by atoms with Crippen LogP contribution in [0.5, 0.6) is 34.5 Å². The Morgan fingerprint density at radius 2 is 0.843 bits per heavy atom. The van der Waals surface area contributed by atoms with E-state index in [2.05, 4.69) is 35.7 Å². The monoisotopic (exact) mass is 1570 g/mol. The summed E-state index contributed by atoms with van der Waals surface area (Å²) in [5, 5.41) is 24.4. The van der Waals surface area contributed by atoms with Crippen molar-refractivity contribution in [1.82, 2.24) is 29.3 Å². The predicted molar refractivity (Wildman–Crippen MR) is 441 cm³/mol. The van der Waals surface area contributed by atoms with Crippen LogP contribution in [0.25, 0.3) is 43.5 Å². The summed E-state index contributed by atoms with van der Waals surface area (Å²) in [5.41, 5.74) is 8.16. The molecule has 2 N–H and O–H groups in total. The van der Waals surface area contributed by atoms with E-state index in [-0.39, 0.29) is 126 Å². The molecule has 1 unspecified atom stereocenters. The SMILES string of the molecule is CC[SiH](CC)CC.COc1c2c(c(OC(c3ccccc3)c3ccccc3)c3ncccc13)C(=O)N(Cc1ccc(F)cc1)C(=O)C2.COc1c2c(c(OC(c3ccccc3)c3ccccc3)c3ncccc13)C(=O)N(Cc1ccc(F)cc1)C(O)C2.COc1c2cccnc2c(O)c2c(=O)n(Cc3ccc(F)cc3)ccc12.[B].[H-].[Na+]. The van der Waals surface area contributed by atoms with Gasteiger partial charge in [0.15, 0.2) is 17.2 Å². The molecule has 3 amide bonds. The van der Waals surface area contributed by atoms with Gasteiger partial charge < -0.3 is 44.8 Å². The normalized spacial score (nSPS) is 12.8. The summed E-state index contributed by atoms with van der Waals surface area (Å²) in [5.74, 6) is -0.578. The van der Waals surface area contributed by atoms with Crippen LogP contribution in [0.3, 0.4) is 0 Å². The van der Waals surface area contributed by atoms with Crippen LogP contribution in [0.4, 0.5) is 13.2 Å². The summed E-state index contributed by atoms with van der Waals surface area (Å²) in [6.45, 7) is 7.33. The Kier molecular flexibility index (Phi) is 28.3. The first-order valence-corrected chi connectivity index (χ1v) is 39.7. The Bertz CT molecular complexity index is 5720. The van der Waals surface area contributed by atoms with E-state index in [0.29, 0.717) is 88.9 Å². The smallest absolute Gasteiger partial charge is 1.00 e. The Morgan fingerprint density at radius 1 is 0.461 bits per heavy atom. The minimum atomic E-state index is -1.11. The zero-order valence-electron chi connectivity index (χ0n) is 65.8. The first-order valence-electron chi connectivity index (χ1n) is 37.3. The molecule has 2 aliphatic heterocycles. The second-order valence-electron chi connectivity index (χ2n) is 27.2. The van der Waals surface area contributed by atoms with E-state index in [1.807, 2.05) is 133 Å². The Balaban J connectivity index is 0.000000177. The van der Waals surface area contributed by atoms with Crippen LogP contribution in [0.1, 0.15) is 105 Å². The average Bonchev–Trinajstić information content (AvgIpc) is 0.741. The third kappa shape index (κ3) is 18.3. The number of aliphatic hydroxyl groups excluding tert-OH is 1. The molecule has 3 radical (unpaired) electrons. The second kappa shape index (κ2) is 38.7. The molecule has 2 aliphatic rings. The molecule has 0 bridgehead atoms. The number of imide groups is 1. The Labute approximate surface area is 691 Å². The topological polar surface area (TPSA) is 205 Å². The van der Waals surface area contributed by atoms with E-state index in [4.69, 9.17) is 23.7 Å². The number of pyridine rings is 4. The Hall–Kier alpha value is -11.9. The van der Waals surface area contributed by atoms with E-state index in [0.717, 1.165) is 27.8 Å². The van der Waals surface area contributed by atoms with E-state index in [1.54, 1.807) is 98.6 Å². The standard InChI is InChI=1S/C33H27FN2O4.C33H25FN2O4.C20H15FN2O3.C6H16Si.B.Na.H/c2*1-39-31-25-13-8-18-35-29(25)32(40-30(22-9-4-2-5-10-22)23-11-6-3-7-12-23)28-26(31)19-27(37)36(33(28)38)20-21-14-16-24(34)17-15-21;1-26-19-14-8-10-23(11-12-4-6-13(21)7-5-12)20(25)16(14)18(24)17-15(19)3-2-9-22-17;1-4-7(5-2)6-3;;;/h2-18,27,30,37H,19-20H2,1H3;2-18,30H,19-20H2,1H3;2-10,24H,11H2,1H3;7H,4-6H2,1-3H3;;;/q;;;;;+1;-1. The molecule has 23 heteroatoms. The molecule has 0 aliphatic carbocycles. The molecule has 14 aromatic rings. The van der Waals surface area contributed by atoms with Gasteiger partial charge in [-0.05, 0) is 118 Å². The van der Waals surface area contributed by atoms with Crippen molar-refractivity contribution < 1.29 is 92.4 Å². The van der Waals surface area contributed by atoms with Gasteiger partial charge in [0.1, 0.15) is 69.7 Å². The minimum absolute atomic E-state index is 0. The Morgan fingerprint density at radius 3 is 1.25 bits per heavy atom. The van der Waals surface area contributed by atoms with Crippen LogP contribution in [0.2, 0.25) is 18.1 Å². The number of phenolic OH excluding ortho intramolecular Hbond substituents is 1. The fraction of sp³-hybridized carbons (Fsp3) is 0.185. The summed E-state index contributed by atoms with van der Waals surface area (Å²) in [6, 6.07) is 73.6. The van der Waals surface area contributed by atoms with Gasteiger partial charge in [0.2, 0.25) is 5.91 Å². The quantitative estimate of drug-likeness (QED) is 0.0414. The summed E-state index contributed by atoms with van der Waals surface area (Å²) in [7, 11) is 4.40. The summed E-state index contributed by atoms with van der Waals surface area (Å²) in [6.07, 6.45) is 4.35. The molecule has 16 rings (SSSR count). The molecule has 0 fully saturated rings. The van der Waals surface area contributed by atoms with E-state index in [9.17, 15) is 42.6 Å². The third-order valence-corrected chi connectivity index (χ3v) is 23.8. The van der Waals surface area contributed by atoms with Gasteiger partial charge in [-0.25, -0.2) is 13.2 Å². The maximum atomic E-state index is 14.2. The zero-order valence-corrected chi connectivity index (χ0v) is 67.9. The maximum absolute atomic E-state index is 14.2. The number of aromatic nitrogens is 4. The molecule has 0 saturated heterocycles. The van der Waals surface area contributed by atoms with Crippen molar-refractivity contribution in [3.63, 3.8) is 0 Å². The van der Waals surface area contributed by atoms with Crippen molar-refractivity contribution >= 4 is 78.4 Å². The van der Waals surface area contributed by atoms with E-state index >= 15 is 0 Å². The molecular formula is C92H84BF3N6NaO11Si. The first-order chi connectivity index (χ1) is 55.0. The first kappa shape index (κ1) is 84.0. The number of phenols is 1. The van der Waals surface area contributed by atoms with E-state index in [1.165, 1.54) is 83.1 Å². The molecule has 0 saturated carbocycles. The largest absolute Gasteiger partial charge is 1.00 e. The van der Waals surface area contributed by atoms with Gasteiger partial charge in [-0.2, -0.15) is 0 Å². The molecule has 6 heterocycles. The number of benzene rings is 10. The number of ether oxygens (including phenoxy) is 5. The molecular weight excluding hydrogens is 1480 g/mol. The number of carbonyl (C=O) groups is 3. The van der Waals surface area contributed by atoms with Gasteiger partial charge in [-0.3, -0.25) is 39.0 Å². The number of nitrogens with zero attached hydrogens (tertiary/aromatic N) is 6. The number of amides is 3. The molecule has 0 spiro atoms. The zero-order chi connectivity index (χ0) is 79.2. The van der Waals surface area contributed by atoms with Crippen LogP contribution in [0, 0.1) is 17.5 Å². The van der Waals surface area contributed by atoms with Crippen LogP contribution in [0.15, 0.2) is 266 Å². The van der Waals surface area contributed by atoms with Gasteiger partial charge in [0.25, 0.3) is 17.4 Å². The fourth-order valence-corrected chi connectivity index (χ4v) is 16.2. The van der Waals surface area contributed by atoms with Crippen molar-refractivity contribution in [3.8, 4) is 34.5 Å². The molecule has 17 nitrogen and oxygen atoms in total. The van der Waals surface area contributed by atoms with Crippen LogP contribution >= 0.6 is 0 Å². The van der Waals surface area contributed by atoms with Gasteiger partial charge in [-0.15, -0.1) is 0 Å². The number of aromatic hydroxyl groups is 1. The number of halogens is 3.